The van der Waals surface area contributed by atoms with E-state index in [1.807, 2.05) is 6.07 Å². The van der Waals surface area contributed by atoms with Crippen molar-refractivity contribution in [3.05, 3.63) is 59.2 Å². The summed E-state index contributed by atoms with van der Waals surface area (Å²) in [5.74, 6) is 2.40. The van der Waals surface area contributed by atoms with E-state index < -0.39 is 5.97 Å². The van der Waals surface area contributed by atoms with Crippen LogP contribution in [0.15, 0.2) is 48.0 Å². The van der Waals surface area contributed by atoms with E-state index in [1.165, 1.54) is 0 Å². The summed E-state index contributed by atoms with van der Waals surface area (Å²) in [6.07, 6.45) is 3.43. The maximum atomic E-state index is 12.3. The fourth-order valence-corrected chi connectivity index (χ4v) is 2.74. The maximum absolute atomic E-state index is 12.3. The molecule has 1 heterocycles. The van der Waals surface area contributed by atoms with Crippen molar-refractivity contribution in [1.29, 1.82) is 0 Å². The van der Waals surface area contributed by atoms with Gasteiger partial charge in [0.2, 0.25) is 0 Å². The molecule has 0 N–H and O–H groups in total. The van der Waals surface area contributed by atoms with Gasteiger partial charge >= 0.3 is 5.97 Å². The van der Waals surface area contributed by atoms with Gasteiger partial charge < -0.3 is 23.7 Å². The summed E-state index contributed by atoms with van der Waals surface area (Å²) in [6.45, 7) is 0. The van der Waals surface area contributed by atoms with E-state index in [9.17, 15) is 4.79 Å². The Morgan fingerprint density at radius 3 is 2.00 bits per heavy atom. The van der Waals surface area contributed by atoms with Gasteiger partial charge in [0.15, 0.2) is 23.0 Å². The molecule has 0 fully saturated rings. The number of hydrogen-bond donors (Lipinski definition) is 0. The van der Waals surface area contributed by atoms with E-state index in [1.54, 1.807) is 70.9 Å². The van der Waals surface area contributed by atoms with Crippen LogP contribution in [0.4, 0.5) is 0 Å². The highest BCUT2D eigenvalue weighted by Crippen LogP contribution is 2.34. The molecular weight excluding hydrogens is 348 g/mol. The maximum Gasteiger partial charge on any atom is 0.343 e. The van der Waals surface area contributed by atoms with Gasteiger partial charge in [-0.3, -0.25) is 0 Å². The van der Waals surface area contributed by atoms with Crippen LogP contribution >= 0.6 is 0 Å². The van der Waals surface area contributed by atoms with Crippen LogP contribution in [-0.2, 0) is 9.53 Å². The molecular formula is C21H20O6. The third kappa shape index (κ3) is 3.74. The Kier molecular flexibility index (Phi) is 5.35. The highest BCUT2D eigenvalue weighted by atomic mass is 16.5. The number of rotatable bonds is 6. The molecule has 0 atom stereocenters. The molecule has 6 heteroatoms. The van der Waals surface area contributed by atoms with Crippen LogP contribution in [-0.4, -0.2) is 34.4 Å². The SMILES string of the molecule is COc1ccc(/C=C2/C=C(c3ccc(OC)c(OC)c3)OC2=O)cc1OC. The van der Waals surface area contributed by atoms with Gasteiger partial charge in [0, 0.05) is 5.56 Å². The van der Waals surface area contributed by atoms with Crippen LogP contribution in [0, 0.1) is 0 Å². The van der Waals surface area contributed by atoms with Crippen LogP contribution in [0.25, 0.3) is 11.8 Å². The van der Waals surface area contributed by atoms with Gasteiger partial charge in [0.05, 0.1) is 34.0 Å². The van der Waals surface area contributed by atoms with Gasteiger partial charge in [-0.1, -0.05) is 6.07 Å². The third-order valence-electron chi connectivity index (χ3n) is 4.12. The molecule has 2 aromatic rings. The minimum absolute atomic E-state index is 0.422. The van der Waals surface area contributed by atoms with E-state index >= 15 is 0 Å². The lowest BCUT2D eigenvalue weighted by Gasteiger charge is -2.09. The van der Waals surface area contributed by atoms with Gasteiger partial charge in [0.1, 0.15) is 5.76 Å². The molecule has 0 aliphatic carbocycles. The summed E-state index contributed by atoms with van der Waals surface area (Å²) in [5.41, 5.74) is 1.95. The highest BCUT2D eigenvalue weighted by molar-refractivity contribution is 6.05. The summed E-state index contributed by atoms with van der Waals surface area (Å²) in [4.78, 5) is 12.3. The molecule has 3 rings (SSSR count). The first-order valence-electron chi connectivity index (χ1n) is 8.19. The zero-order chi connectivity index (χ0) is 19.4. The molecule has 0 amide bonds. The predicted octanol–water partition coefficient (Wildman–Crippen LogP) is 3.70. The summed E-state index contributed by atoms with van der Waals surface area (Å²) < 4.78 is 26.5. The molecule has 0 saturated heterocycles. The minimum atomic E-state index is -0.422. The van der Waals surface area contributed by atoms with Crippen molar-refractivity contribution in [3.63, 3.8) is 0 Å². The number of esters is 1. The molecule has 1 aliphatic rings. The van der Waals surface area contributed by atoms with Gasteiger partial charge in [0.25, 0.3) is 0 Å². The van der Waals surface area contributed by atoms with E-state index in [0.717, 1.165) is 11.1 Å². The van der Waals surface area contributed by atoms with E-state index in [0.29, 0.717) is 34.3 Å². The molecule has 1 aliphatic heterocycles. The Bertz CT molecular complexity index is 926. The van der Waals surface area contributed by atoms with E-state index in [4.69, 9.17) is 23.7 Å². The Labute approximate surface area is 157 Å². The van der Waals surface area contributed by atoms with Gasteiger partial charge in [-0.25, -0.2) is 4.79 Å². The van der Waals surface area contributed by atoms with Crippen molar-refractivity contribution in [2.75, 3.05) is 28.4 Å². The van der Waals surface area contributed by atoms with Crippen molar-refractivity contribution >= 4 is 17.8 Å². The van der Waals surface area contributed by atoms with Crippen molar-refractivity contribution in [2.45, 2.75) is 0 Å². The second-order valence-corrected chi connectivity index (χ2v) is 5.68. The molecule has 27 heavy (non-hydrogen) atoms. The van der Waals surface area contributed by atoms with E-state index in [2.05, 4.69) is 0 Å². The normalized spacial score (nSPS) is 14.6. The third-order valence-corrected chi connectivity index (χ3v) is 4.12. The lowest BCUT2D eigenvalue weighted by Crippen LogP contribution is -1.98. The Balaban J connectivity index is 1.93. The van der Waals surface area contributed by atoms with Crippen LogP contribution in [0.2, 0.25) is 0 Å². The lowest BCUT2D eigenvalue weighted by molar-refractivity contribution is -0.130. The molecule has 0 radical (unpaired) electrons. The quantitative estimate of drug-likeness (QED) is 0.572. The minimum Gasteiger partial charge on any atom is -0.493 e. The van der Waals surface area contributed by atoms with Crippen molar-refractivity contribution in [2.24, 2.45) is 0 Å². The molecule has 0 spiro atoms. The predicted molar refractivity (Wildman–Crippen MR) is 101 cm³/mol. The molecule has 0 aromatic heterocycles. The van der Waals surface area contributed by atoms with Gasteiger partial charge in [-0.2, -0.15) is 0 Å². The molecule has 140 valence electrons. The zero-order valence-electron chi connectivity index (χ0n) is 15.6. The van der Waals surface area contributed by atoms with Crippen LogP contribution < -0.4 is 18.9 Å². The largest absolute Gasteiger partial charge is 0.493 e. The Morgan fingerprint density at radius 2 is 1.37 bits per heavy atom. The number of carbonyl (C=O) groups excluding carboxylic acids is 1. The molecule has 6 nitrogen and oxygen atoms in total. The molecule has 0 bridgehead atoms. The number of carbonyl (C=O) groups is 1. The van der Waals surface area contributed by atoms with Crippen LogP contribution in [0.3, 0.4) is 0 Å². The van der Waals surface area contributed by atoms with Crippen LogP contribution in [0.1, 0.15) is 11.1 Å². The van der Waals surface area contributed by atoms with Crippen molar-refractivity contribution < 1.29 is 28.5 Å². The number of methoxy groups -OCH3 is 4. The topological polar surface area (TPSA) is 63.2 Å². The first-order chi connectivity index (χ1) is 13.1. The number of benzene rings is 2. The first kappa shape index (κ1) is 18.4. The molecule has 2 aromatic carbocycles. The number of ether oxygens (including phenoxy) is 5. The summed E-state index contributed by atoms with van der Waals surface area (Å²) in [5, 5.41) is 0. The average molecular weight is 368 g/mol. The second-order valence-electron chi connectivity index (χ2n) is 5.68. The average Bonchev–Trinajstić information content (AvgIpc) is 3.07. The fraction of sp³-hybridized carbons (Fsp3) is 0.190. The standard InChI is InChI=1S/C21H20O6/c1-23-16-7-5-13(10-19(16)25-3)9-15-12-18(27-21(15)22)14-6-8-17(24-2)20(11-14)26-4/h5-12H,1-4H3/b15-9-. The first-order valence-corrected chi connectivity index (χ1v) is 8.19. The Morgan fingerprint density at radius 1 is 0.778 bits per heavy atom. The number of hydrogen-bond acceptors (Lipinski definition) is 6. The van der Waals surface area contributed by atoms with Gasteiger partial charge in [-0.05, 0) is 48.0 Å². The summed E-state index contributed by atoms with van der Waals surface area (Å²) >= 11 is 0. The molecule has 0 saturated carbocycles. The highest BCUT2D eigenvalue weighted by Gasteiger charge is 2.23. The smallest absolute Gasteiger partial charge is 0.343 e. The molecule has 0 unspecified atom stereocenters. The summed E-state index contributed by atoms with van der Waals surface area (Å²) in [6, 6.07) is 10.7. The van der Waals surface area contributed by atoms with Gasteiger partial charge in [-0.15, -0.1) is 0 Å². The fourth-order valence-electron chi connectivity index (χ4n) is 2.74. The van der Waals surface area contributed by atoms with Crippen LogP contribution in [0.5, 0.6) is 23.0 Å². The lowest BCUT2D eigenvalue weighted by atomic mass is 10.1. The van der Waals surface area contributed by atoms with Crippen molar-refractivity contribution in [1.82, 2.24) is 0 Å². The second kappa shape index (κ2) is 7.86. The van der Waals surface area contributed by atoms with E-state index in [-0.39, 0.29) is 0 Å². The monoisotopic (exact) mass is 368 g/mol. The Hall–Kier alpha value is -3.41. The van der Waals surface area contributed by atoms with Crippen molar-refractivity contribution in [3.8, 4) is 23.0 Å². The number of cyclic esters (lactones) is 1. The zero-order valence-corrected chi connectivity index (χ0v) is 15.6. The summed E-state index contributed by atoms with van der Waals surface area (Å²) in [7, 11) is 6.26.